The Labute approximate surface area is 115 Å². The molecule has 2 aromatic heterocycles. The summed E-state index contributed by atoms with van der Waals surface area (Å²) in [6, 6.07) is 8.42. The average molecular weight is 268 g/mol. The molecule has 0 spiro atoms. The molecule has 0 amide bonds. The molecule has 1 aromatic carbocycles. The van der Waals surface area contributed by atoms with Crippen molar-refractivity contribution in [1.82, 2.24) is 15.0 Å². The molecule has 3 aromatic rings. The van der Waals surface area contributed by atoms with Gasteiger partial charge in [0.05, 0.1) is 5.52 Å². The largest absolute Gasteiger partial charge is 0.369 e. The molecule has 0 fully saturated rings. The van der Waals surface area contributed by atoms with E-state index in [1.165, 1.54) is 18.5 Å². The topological polar surface area (TPSA) is 50.7 Å². The van der Waals surface area contributed by atoms with Gasteiger partial charge in [0.25, 0.3) is 0 Å². The standard InChI is InChI=1S/C15H13FN4/c16-12-3-4-14-13(8-12)15(20-10-19-14)18-7-5-11-2-1-6-17-9-11/h1-4,6,8-10H,5,7H2,(H,18,19,20). The molecule has 4 nitrogen and oxygen atoms in total. The van der Waals surface area contributed by atoms with Gasteiger partial charge in [-0.1, -0.05) is 6.07 Å². The number of aromatic nitrogens is 3. The second kappa shape index (κ2) is 5.61. The first-order chi connectivity index (χ1) is 9.83. The van der Waals surface area contributed by atoms with Crippen molar-refractivity contribution in [3.05, 3.63) is 60.4 Å². The van der Waals surface area contributed by atoms with Gasteiger partial charge in [-0.05, 0) is 36.2 Å². The van der Waals surface area contributed by atoms with E-state index in [1.807, 2.05) is 18.3 Å². The highest BCUT2D eigenvalue weighted by atomic mass is 19.1. The van der Waals surface area contributed by atoms with Crippen LogP contribution >= 0.6 is 0 Å². The van der Waals surface area contributed by atoms with Crippen molar-refractivity contribution < 1.29 is 4.39 Å². The highest BCUT2D eigenvalue weighted by Crippen LogP contribution is 2.19. The molecular formula is C15H13FN4. The number of fused-ring (bicyclic) bond motifs is 1. The highest BCUT2D eigenvalue weighted by Gasteiger charge is 2.04. The van der Waals surface area contributed by atoms with Crippen LogP contribution in [0, 0.1) is 5.82 Å². The van der Waals surface area contributed by atoms with E-state index in [0.717, 1.165) is 17.5 Å². The van der Waals surface area contributed by atoms with E-state index < -0.39 is 0 Å². The summed E-state index contributed by atoms with van der Waals surface area (Å²) < 4.78 is 13.3. The Morgan fingerprint density at radius 3 is 2.95 bits per heavy atom. The Morgan fingerprint density at radius 2 is 2.10 bits per heavy atom. The molecule has 3 rings (SSSR count). The van der Waals surface area contributed by atoms with Crippen LogP contribution in [0.3, 0.4) is 0 Å². The minimum atomic E-state index is -0.289. The molecule has 5 heteroatoms. The highest BCUT2D eigenvalue weighted by molar-refractivity contribution is 5.88. The van der Waals surface area contributed by atoms with Crippen LogP contribution in [0.4, 0.5) is 10.2 Å². The summed E-state index contributed by atoms with van der Waals surface area (Å²) in [7, 11) is 0. The molecule has 0 bridgehead atoms. The molecule has 0 saturated heterocycles. The number of nitrogens with zero attached hydrogens (tertiary/aromatic N) is 3. The number of benzene rings is 1. The molecule has 0 unspecified atom stereocenters. The van der Waals surface area contributed by atoms with E-state index in [4.69, 9.17) is 0 Å². The molecule has 0 saturated carbocycles. The average Bonchev–Trinajstić information content (AvgIpc) is 2.49. The Hall–Kier alpha value is -2.56. The molecule has 1 N–H and O–H groups in total. The second-order valence-corrected chi connectivity index (χ2v) is 4.42. The molecule has 0 aliphatic rings. The number of anilines is 1. The lowest BCUT2D eigenvalue weighted by molar-refractivity contribution is 0.629. The van der Waals surface area contributed by atoms with Crippen LogP contribution in [0.15, 0.2) is 49.1 Å². The minimum absolute atomic E-state index is 0.289. The summed E-state index contributed by atoms with van der Waals surface area (Å²) >= 11 is 0. The fourth-order valence-electron chi connectivity index (χ4n) is 2.04. The smallest absolute Gasteiger partial charge is 0.137 e. The Morgan fingerprint density at radius 1 is 1.15 bits per heavy atom. The lowest BCUT2D eigenvalue weighted by Gasteiger charge is -2.08. The lowest BCUT2D eigenvalue weighted by atomic mass is 10.2. The van der Waals surface area contributed by atoms with Gasteiger partial charge in [-0.3, -0.25) is 4.98 Å². The van der Waals surface area contributed by atoms with Crippen molar-refractivity contribution in [3.8, 4) is 0 Å². The van der Waals surface area contributed by atoms with Gasteiger partial charge in [0.15, 0.2) is 0 Å². The van der Waals surface area contributed by atoms with E-state index >= 15 is 0 Å². The third-order valence-corrected chi connectivity index (χ3v) is 3.03. The number of hydrogen-bond donors (Lipinski definition) is 1. The Kier molecular flexibility index (Phi) is 3.50. The number of nitrogens with one attached hydrogen (secondary N) is 1. The first kappa shape index (κ1) is 12.5. The third-order valence-electron chi connectivity index (χ3n) is 3.03. The minimum Gasteiger partial charge on any atom is -0.369 e. The van der Waals surface area contributed by atoms with Gasteiger partial charge in [0.2, 0.25) is 0 Å². The Bertz CT molecular complexity index is 715. The molecule has 100 valence electrons. The zero-order chi connectivity index (χ0) is 13.8. The molecule has 0 atom stereocenters. The van der Waals surface area contributed by atoms with Crippen LogP contribution in [-0.2, 0) is 6.42 Å². The summed E-state index contributed by atoms with van der Waals surface area (Å²) in [5, 5.41) is 3.91. The van der Waals surface area contributed by atoms with Crippen LogP contribution in [-0.4, -0.2) is 21.5 Å². The zero-order valence-electron chi connectivity index (χ0n) is 10.8. The number of halogens is 1. The van der Waals surface area contributed by atoms with Crippen molar-refractivity contribution in [2.75, 3.05) is 11.9 Å². The first-order valence-electron chi connectivity index (χ1n) is 6.36. The molecule has 0 aliphatic heterocycles. The fourth-order valence-corrected chi connectivity index (χ4v) is 2.04. The quantitative estimate of drug-likeness (QED) is 0.790. The van der Waals surface area contributed by atoms with E-state index in [2.05, 4.69) is 20.3 Å². The monoisotopic (exact) mass is 268 g/mol. The van der Waals surface area contributed by atoms with E-state index in [-0.39, 0.29) is 5.82 Å². The molecule has 20 heavy (non-hydrogen) atoms. The maximum absolute atomic E-state index is 13.3. The molecule has 0 aliphatic carbocycles. The van der Waals surface area contributed by atoms with E-state index in [9.17, 15) is 4.39 Å². The third kappa shape index (κ3) is 2.71. The summed E-state index contributed by atoms with van der Waals surface area (Å²) in [5.74, 6) is 0.362. The summed E-state index contributed by atoms with van der Waals surface area (Å²) in [4.78, 5) is 12.4. The van der Waals surface area contributed by atoms with Crippen LogP contribution in [0.1, 0.15) is 5.56 Å². The van der Waals surface area contributed by atoms with Crippen molar-refractivity contribution in [2.24, 2.45) is 0 Å². The van der Waals surface area contributed by atoms with Crippen LogP contribution in [0.25, 0.3) is 10.9 Å². The van der Waals surface area contributed by atoms with Gasteiger partial charge in [0, 0.05) is 24.3 Å². The summed E-state index contributed by atoms with van der Waals surface area (Å²) in [6.07, 6.45) is 5.89. The van der Waals surface area contributed by atoms with Crippen molar-refractivity contribution in [3.63, 3.8) is 0 Å². The van der Waals surface area contributed by atoms with Gasteiger partial charge in [-0.15, -0.1) is 0 Å². The van der Waals surface area contributed by atoms with Crippen LogP contribution in [0.2, 0.25) is 0 Å². The SMILES string of the molecule is Fc1ccc2ncnc(NCCc3cccnc3)c2c1. The van der Waals surface area contributed by atoms with Crippen LogP contribution < -0.4 is 5.32 Å². The number of pyridine rings is 1. The van der Waals surface area contributed by atoms with Crippen LogP contribution in [0.5, 0.6) is 0 Å². The molecule has 2 heterocycles. The molecular weight excluding hydrogens is 255 g/mol. The maximum Gasteiger partial charge on any atom is 0.137 e. The van der Waals surface area contributed by atoms with Crippen molar-refractivity contribution >= 4 is 16.7 Å². The van der Waals surface area contributed by atoms with Gasteiger partial charge >= 0.3 is 0 Å². The second-order valence-electron chi connectivity index (χ2n) is 4.42. The molecule has 0 radical (unpaired) electrons. The summed E-state index contributed by atoms with van der Waals surface area (Å²) in [5.41, 5.74) is 1.87. The maximum atomic E-state index is 13.3. The number of hydrogen-bond acceptors (Lipinski definition) is 4. The van der Waals surface area contributed by atoms with Gasteiger partial charge in [0.1, 0.15) is 18.0 Å². The van der Waals surface area contributed by atoms with Crippen molar-refractivity contribution in [1.29, 1.82) is 0 Å². The first-order valence-corrected chi connectivity index (χ1v) is 6.36. The lowest BCUT2D eigenvalue weighted by Crippen LogP contribution is -2.07. The van der Waals surface area contributed by atoms with Gasteiger partial charge in [-0.25, -0.2) is 14.4 Å². The fraction of sp³-hybridized carbons (Fsp3) is 0.133. The van der Waals surface area contributed by atoms with Crippen molar-refractivity contribution in [2.45, 2.75) is 6.42 Å². The number of rotatable bonds is 4. The zero-order valence-corrected chi connectivity index (χ0v) is 10.8. The Balaban J connectivity index is 1.76. The van der Waals surface area contributed by atoms with E-state index in [0.29, 0.717) is 17.7 Å². The summed E-state index contributed by atoms with van der Waals surface area (Å²) in [6.45, 7) is 0.703. The predicted octanol–water partition coefficient (Wildman–Crippen LogP) is 2.82. The predicted molar refractivity (Wildman–Crippen MR) is 75.9 cm³/mol. The van der Waals surface area contributed by atoms with E-state index in [1.54, 1.807) is 12.3 Å². The normalized spacial score (nSPS) is 10.7. The van der Waals surface area contributed by atoms with Gasteiger partial charge < -0.3 is 5.32 Å². The van der Waals surface area contributed by atoms with Gasteiger partial charge in [-0.2, -0.15) is 0 Å².